The van der Waals surface area contributed by atoms with Crippen LogP contribution in [0.2, 0.25) is 0 Å². The van der Waals surface area contributed by atoms with Gasteiger partial charge in [0.05, 0.1) is 13.2 Å². The highest BCUT2D eigenvalue weighted by atomic mass is 19.3. The van der Waals surface area contributed by atoms with Crippen molar-refractivity contribution in [2.75, 3.05) is 32.1 Å². The van der Waals surface area contributed by atoms with E-state index < -0.39 is 18.9 Å². The van der Waals surface area contributed by atoms with Gasteiger partial charge in [-0.2, -0.15) is 0 Å². The van der Waals surface area contributed by atoms with Crippen LogP contribution >= 0.6 is 0 Å². The normalized spacial score (nSPS) is 13.9. The van der Waals surface area contributed by atoms with E-state index in [1.54, 1.807) is 18.2 Å². The topological polar surface area (TPSA) is 58.6 Å². The van der Waals surface area contributed by atoms with E-state index in [0.29, 0.717) is 5.69 Å². The SMILES string of the molecule is COCCN(CC(F)F)C(=O)c1cccc(NC(=O)C2CC2)c1. The number of rotatable bonds is 8. The number of ether oxygens (including phenoxy) is 1. The predicted octanol–water partition coefficient (Wildman–Crippen LogP) is 2.39. The van der Waals surface area contributed by atoms with E-state index in [0.717, 1.165) is 17.7 Å². The molecule has 126 valence electrons. The third-order valence-electron chi connectivity index (χ3n) is 3.54. The quantitative estimate of drug-likeness (QED) is 0.798. The molecule has 0 atom stereocenters. The molecular formula is C16H20F2N2O3. The van der Waals surface area contributed by atoms with Gasteiger partial charge in [0.25, 0.3) is 12.3 Å². The molecule has 1 aromatic rings. The first-order valence-corrected chi connectivity index (χ1v) is 7.48. The standard InChI is InChI=1S/C16H20F2N2O3/c1-23-8-7-20(10-14(17)18)16(22)12-3-2-4-13(9-12)19-15(21)11-5-6-11/h2-4,9,11,14H,5-8,10H2,1H3,(H,19,21). The van der Waals surface area contributed by atoms with Crippen molar-refractivity contribution in [2.45, 2.75) is 19.3 Å². The molecule has 1 N–H and O–H groups in total. The maximum atomic E-state index is 12.6. The Hall–Kier alpha value is -2.02. The largest absolute Gasteiger partial charge is 0.383 e. The van der Waals surface area contributed by atoms with Crippen LogP contribution in [-0.4, -0.2) is 49.9 Å². The highest BCUT2D eigenvalue weighted by Gasteiger charge is 2.29. The van der Waals surface area contributed by atoms with Crippen molar-refractivity contribution in [3.05, 3.63) is 29.8 Å². The van der Waals surface area contributed by atoms with Gasteiger partial charge in [-0.25, -0.2) is 8.78 Å². The molecule has 2 rings (SSSR count). The second kappa shape index (κ2) is 8.01. The summed E-state index contributed by atoms with van der Waals surface area (Å²) in [7, 11) is 1.44. The van der Waals surface area contributed by atoms with Crippen molar-refractivity contribution in [2.24, 2.45) is 5.92 Å². The zero-order valence-electron chi connectivity index (χ0n) is 12.9. The molecule has 7 heteroatoms. The zero-order valence-corrected chi connectivity index (χ0v) is 12.9. The van der Waals surface area contributed by atoms with Crippen LogP contribution in [0.1, 0.15) is 23.2 Å². The third-order valence-corrected chi connectivity index (χ3v) is 3.54. The van der Waals surface area contributed by atoms with Gasteiger partial charge in [-0.1, -0.05) is 6.07 Å². The molecule has 0 bridgehead atoms. The maximum Gasteiger partial charge on any atom is 0.255 e. The third kappa shape index (κ3) is 5.28. The molecule has 0 heterocycles. The van der Waals surface area contributed by atoms with Crippen LogP contribution in [0.3, 0.4) is 0 Å². The zero-order chi connectivity index (χ0) is 16.8. The monoisotopic (exact) mass is 326 g/mol. The highest BCUT2D eigenvalue weighted by molar-refractivity contribution is 5.98. The number of carbonyl (C=O) groups is 2. The number of methoxy groups -OCH3 is 1. The highest BCUT2D eigenvalue weighted by Crippen LogP contribution is 2.30. The maximum absolute atomic E-state index is 12.6. The fourth-order valence-electron chi connectivity index (χ4n) is 2.15. The van der Waals surface area contributed by atoms with E-state index in [4.69, 9.17) is 4.74 Å². The number of nitrogens with one attached hydrogen (secondary N) is 1. The Balaban J connectivity index is 2.07. The molecule has 1 aliphatic rings. The van der Waals surface area contributed by atoms with Gasteiger partial charge in [-0.15, -0.1) is 0 Å². The van der Waals surface area contributed by atoms with E-state index in [1.807, 2.05) is 0 Å². The Bertz CT molecular complexity index is 562. The number of nitrogens with zero attached hydrogens (tertiary/aromatic N) is 1. The summed E-state index contributed by atoms with van der Waals surface area (Å²) in [6, 6.07) is 6.34. The van der Waals surface area contributed by atoms with Crippen LogP contribution in [-0.2, 0) is 9.53 Å². The fourth-order valence-corrected chi connectivity index (χ4v) is 2.15. The molecule has 0 spiro atoms. The predicted molar refractivity (Wildman–Crippen MR) is 81.6 cm³/mol. The van der Waals surface area contributed by atoms with Gasteiger partial charge in [-0.3, -0.25) is 9.59 Å². The van der Waals surface area contributed by atoms with Gasteiger partial charge in [0.1, 0.15) is 0 Å². The molecule has 1 saturated carbocycles. The number of carbonyl (C=O) groups excluding carboxylic acids is 2. The number of hydrogen-bond donors (Lipinski definition) is 1. The van der Waals surface area contributed by atoms with E-state index in [1.165, 1.54) is 13.2 Å². The molecule has 2 amide bonds. The lowest BCUT2D eigenvalue weighted by molar-refractivity contribution is -0.117. The summed E-state index contributed by atoms with van der Waals surface area (Å²) >= 11 is 0. The van der Waals surface area contributed by atoms with Gasteiger partial charge in [0, 0.05) is 30.8 Å². The number of alkyl halides is 2. The molecule has 1 aromatic carbocycles. The molecule has 0 unspecified atom stereocenters. The van der Waals surface area contributed by atoms with Crippen LogP contribution in [0, 0.1) is 5.92 Å². The Morgan fingerprint density at radius 3 is 2.74 bits per heavy atom. The first-order valence-electron chi connectivity index (χ1n) is 7.48. The van der Waals surface area contributed by atoms with Crippen LogP contribution in [0.5, 0.6) is 0 Å². The molecule has 5 nitrogen and oxygen atoms in total. The Kier molecular flexibility index (Phi) is 6.04. The van der Waals surface area contributed by atoms with Gasteiger partial charge in [0.15, 0.2) is 0 Å². The van der Waals surface area contributed by atoms with Crippen LogP contribution < -0.4 is 5.32 Å². The van der Waals surface area contributed by atoms with Gasteiger partial charge >= 0.3 is 0 Å². The number of halogens is 2. The Morgan fingerprint density at radius 2 is 2.13 bits per heavy atom. The van der Waals surface area contributed by atoms with Crippen molar-refractivity contribution in [3.63, 3.8) is 0 Å². The number of hydrogen-bond acceptors (Lipinski definition) is 3. The second-order valence-corrected chi connectivity index (χ2v) is 5.48. The molecule has 0 aliphatic heterocycles. The summed E-state index contributed by atoms with van der Waals surface area (Å²) in [5, 5.41) is 2.74. The Morgan fingerprint density at radius 1 is 1.39 bits per heavy atom. The lowest BCUT2D eigenvalue weighted by atomic mass is 10.1. The lowest BCUT2D eigenvalue weighted by Gasteiger charge is -2.22. The Labute approximate surface area is 133 Å². The summed E-state index contributed by atoms with van der Waals surface area (Å²) in [5.41, 5.74) is 0.756. The van der Waals surface area contributed by atoms with Crippen molar-refractivity contribution < 1.29 is 23.1 Å². The summed E-state index contributed by atoms with van der Waals surface area (Å²) < 4.78 is 30.1. The summed E-state index contributed by atoms with van der Waals surface area (Å²) in [5.74, 6) is -0.533. The minimum atomic E-state index is -2.62. The average molecular weight is 326 g/mol. The first-order chi connectivity index (χ1) is 11.0. The van der Waals surface area contributed by atoms with Gasteiger partial charge < -0.3 is 15.0 Å². The molecule has 0 aromatic heterocycles. The van der Waals surface area contributed by atoms with E-state index in [2.05, 4.69) is 5.32 Å². The molecular weight excluding hydrogens is 306 g/mol. The number of anilines is 1. The van der Waals surface area contributed by atoms with E-state index >= 15 is 0 Å². The molecule has 1 fully saturated rings. The van der Waals surface area contributed by atoms with Crippen molar-refractivity contribution >= 4 is 17.5 Å². The summed E-state index contributed by atoms with van der Waals surface area (Å²) in [6.07, 6.45) is -0.860. The van der Waals surface area contributed by atoms with Gasteiger partial charge in [-0.05, 0) is 31.0 Å². The minimum absolute atomic E-state index is 0.0476. The number of benzene rings is 1. The first kappa shape index (κ1) is 17.3. The average Bonchev–Trinajstić information content (AvgIpc) is 3.35. The van der Waals surface area contributed by atoms with Crippen molar-refractivity contribution in [3.8, 4) is 0 Å². The lowest BCUT2D eigenvalue weighted by Crippen LogP contribution is -2.37. The van der Waals surface area contributed by atoms with Crippen molar-refractivity contribution in [1.82, 2.24) is 4.90 Å². The second-order valence-electron chi connectivity index (χ2n) is 5.48. The van der Waals surface area contributed by atoms with Crippen molar-refractivity contribution in [1.29, 1.82) is 0 Å². The summed E-state index contributed by atoms with van der Waals surface area (Å²) in [6.45, 7) is -0.393. The van der Waals surface area contributed by atoms with E-state index in [-0.39, 0.29) is 30.5 Å². The van der Waals surface area contributed by atoms with Crippen LogP contribution in [0.25, 0.3) is 0 Å². The van der Waals surface area contributed by atoms with E-state index in [9.17, 15) is 18.4 Å². The molecule has 23 heavy (non-hydrogen) atoms. The number of amides is 2. The smallest absolute Gasteiger partial charge is 0.255 e. The van der Waals surface area contributed by atoms with Crippen LogP contribution in [0.4, 0.5) is 14.5 Å². The summed E-state index contributed by atoms with van der Waals surface area (Å²) in [4.78, 5) is 25.2. The fraction of sp³-hybridized carbons (Fsp3) is 0.500. The van der Waals surface area contributed by atoms with Crippen LogP contribution in [0.15, 0.2) is 24.3 Å². The van der Waals surface area contributed by atoms with Gasteiger partial charge in [0.2, 0.25) is 5.91 Å². The molecule has 0 saturated heterocycles. The minimum Gasteiger partial charge on any atom is -0.383 e. The molecule has 1 aliphatic carbocycles. The molecule has 0 radical (unpaired) electrons.